The Bertz CT molecular complexity index is 775. The maximum atomic E-state index is 12.1. The highest BCUT2D eigenvalue weighted by atomic mass is 16.5. The summed E-state index contributed by atoms with van der Waals surface area (Å²) in [6.45, 7) is 0.324. The molecule has 0 spiro atoms. The van der Waals surface area contributed by atoms with Gasteiger partial charge in [0.15, 0.2) is 0 Å². The molecule has 0 saturated carbocycles. The van der Waals surface area contributed by atoms with E-state index >= 15 is 0 Å². The van der Waals surface area contributed by atoms with Crippen molar-refractivity contribution in [1.29, 1.82) is 5.26 Å². The number of nitrogens with one attached hydrogen (secondary N) is 2. The van der Waals surface area contributed by atoms with Gasteiger partial charge in [0, 0.05) is 18.4 Å². The Labute approximate surface area is 146 Å². The zero-order valence-electron chi connectivity index (χ0n) is 14.1. The van der Waals surface area contributed by atoms with Crippen molar-refractivity contribution in [2.75, 3.05) is 19.5 Å². The molecule has 0 fully saturated rings. The van der Waals surface area contributed by atoms with Gasteiger partial charge in [0.2, 0.25) is 0 Å². The van der Waals surface area contributed by atoms with Crippen LogP contribution < -0.4 is 20.1 Å². The fourth-order valence-corrected chi connectivity index (χ4v) is 2.01. The average molecular weight is 337 g/mol. The molecule has 2 rings (SSSR count). The second kappa shape index (κ2) is 8.99. The van der Waals surface area contributed by atoms with Crippen LogP contribution in [0.3, 0.4) is 0 Å². The highest BCUT2D eigenvalue weighted by Crippen LogP contribution is 2.15. The summed E-state index contributed by atoms with van der Waals surface area (Å²) in [5.41, 5.74) is 1.65. The lowest BCUT2D eigenvalue weighted by molar-refractivity contribution is -0.117. The molecule has 6 nitrogen and oxygen atoms in total. The van der Waals surface area contributed by atoms with E-state index in [4.69, 9.17) is 14.7 Å². The standard InChI is InChI=1S/C19H19N3O3/c1-24-17-7-3-14(4-8-17)12-22-19(23)15(11-20)13-21-16-5-9-18(25-2)10-6-16/h3-10,13,21H,12H2,1-2H3,(H,22,23)/b15-13-. The van der Waals surface area contributed by atoms with Gasteiger partial charge in [-0.15, -0.1) is 0 Å². The topological polar surface area (TPSA) is 83.4 Å². The molecular weight excluding hydrogens is 318 g/mol. The molecule has 0 aliphatic heterocycles. The third-order valence-corrected chi connectivity index (χ3v) is 3.45. The third kappa shape index (κ3) is 5.29. The Kier molecular flexibility index (Phi) is 6.43. The van der Waals surface area contributed by atoms with Gasteiger partial charge in [-0.2, -0.15) is 5.26 Å². The molecule has 1 amide bonds. The van der Waals surface area contributed by atoms with E-state index in [-0.39, 0.29) is 5.57 Å². The van der Waals surface area contributed by atoms with Gasteiger partial charge in [0.05, 0.1) is 14.2 Å². The van der Waals surface area contributed by atoms with E-state index in [1.54, 1.807) is 38.5 Å². The fourth-order valence-electron chi connectivity index (χ4n) is 2.01. The molecule has 2 aromatic rings. The largest absolute Gasteiger partial charge is 0.497 e. The normalized spacial score (nSPS) is 10.5. The van der Waals surface area contributed by atoms with Gasteiger partial charge in [0.1, 0.15) is 23.1 Å². The van der Waals surface area contributed by atoms with Crippen molar-refractivity contribution >= 4 is 11.6 Å². The summed E-state index contributed by atoms with van der Waals surface area (Å²) in [4.78, 5) is 12.1. The van der Waals surface area contributed by atoms with Crippen LogP contribution in [0, 0.1) is 11.3 Å². The van der Waals surface area contributed by atoms with Crippen LogP contribution in [-0.2, 0) is 11.3 Å². The van der Waals surface area contributed by atoms with Crippen LogP contribution in [0.2, 0.25) is 0 Å². The van der Waals surface area contributed by atoms with Crippen LogP contribution in [-0.4, -0.2) is 20.1 Å². The average Bonchev–Trinajstić information content (AvgIpc) is 2.67. The number of methoxy groups -OCH3 is 2. The Morgan fingerprint density at radius 3 is 2.12 bits per heavy atom. The molecule has 0 bridgehead atoms. The summed E-state index contributed by atoms with van der Waals surface area (Å²) < 4.78 is 10.2. The number of carbonyl (C=O) groups is 1. The molecule has 2 aromatic carbocycles. The van der Waals surface area contributed by atoms with Crippen molar-refractivity contribution in [2.45, 2.75) is 6.54 Å². The molecule has 128 valence electrons. The first-order chi connectivity index (χ1) is 12.2. The predicted molar refractivity (Wildman–Crippen MR) is 95.2 cm³/mol. The molecule has 2 N–H and O–H groups in total. The number of anilines is 1. The second-order valence-electron chi connectivity index (χ2n) is 5.07. The number of rotatable bonds is 7. The maximum Gasteiger partial charge on any atom is 0.263 e. The van der Waals surface area contributed by atoms with Crippen molar-refractivity contribution in [2.24, 2.45) is 0 Å². The molecule has 0 saturated heterocycles. The third-order valence-electron chi connectivity index (χ3n) is 3.45. The first-order valence-electron chi connectivity index (χ1n) is 7.58. The molecule has 0 unspecified atom stereocenters. The number of nitrogens with zero attached hydrogens (tertiary/aromatic N) is 1. The van der Waals surface area contributed by atoms with Crippen molar-refractivity contribution < 1.29 is 14.3 Å². The predicted octanol–water partition coefficient (Wildman–Crippen LogP) is 2.84. The minimum Gasteiger partial charge on any atom is -0.497 e. The van der Waals surface area contributed by atoms with Crippen LogP contribution in [0.15, 0.2) is 60.3 Å². The van der Waals surface area contributed by atoms with Gasteiger partial charge in [-0.25, -0.2) is 0 Å². The molecule has 0 heterocycles. The summed E-state index contributed by atoms with van der Waals surface area (Å²) in [6, 6.07) is 16.4. The zero-order valence-corrected chi connectivity index (χ0v) is 14.1. The molecule has 25 heavy (non-hydrogen) atoms. The fraction of sp³-hybridized carbons (Fsp3) is 0.158. The molecule has 0 radical (unpaired) electrons. The Morgan fingerprint density at radius 2 is 1.60 bits per heavy atom. The number of ether oxygens (including phenoxy) is 2. The number of hydrogen-bond donors (Lipinski definition) is 2. The SMILES string of the molecule is COc1ccc(CNC(=O)/C(C#N)=C\Nc2ccc(OC)cc2)cc1. The van der Waals surface area contributed by atoms with Gasteiger partial charge in [-0.1, -0.05) is 12.1 Å². The summed E-state index contributed by atoms with van der Waals surface area (Å²) in [6.07, 6.45) is 1.38. The zero-order chi connectivity index (χ0) is 18.1. The van der Waals surface area contributed by atoms with Gasteiger partial charge in [0.25, 0.3) is 5.91 Å². The van der Waals surface area contributed by atoms with Crippen LogP contribution in [0.4, 0.5) is 5.69 Å². The Balaban J connectivity index is 1.93. The van der Waals surface area contributed by atoms with E-state index < -0.39 is 5.91 Å². The van der Waals surface area contributed by atoms with E-state index in [9.17, 15) is 4.79 Å². The van der Waals surface area contributed by atoms with Crippen molar-refractivity contribution in [1.82, 2.24) is 5.32 Å². The Hall–Kier alpha value is -3.46. The summed E-state index contributed by atoms with van der Waals surface area (Å²) in [5, 5.41) is 14.8. The highest BCUT2D eigenvalue weighted by Gasteiger charge is 2.08. The van der Waals surface area contributed by atoms with E-state index in [0.717, 1.165) is 22.7 Å². The lowest BCUT2D eigenvalue weighted by Gasteiger charge is -2.07. The first-order valence-corrected chi connectivity index (χ1v) is 7.58. The lowest BCUT2D eigenvalue weighted by Crippen LogP contribution is -2.24. The molecule has 0 aliphatic rings. The van der Waals surface area contributed by atoms with Crippen LogP contribution >= 0.6 is 0 Å². The van der Waals surface area contributed by atoms with Gasteiger partial charge < -0.3 is 20.1 Å². The molecule has 0 atom stereocenters. The summed E-state index contributed by atoms with van der Waals surface area (Å²) >= 11 is 0. The number of hydrogen-bond acceptors (Lipinski definition) is 5. The maximum absolute atomic E-state index is 12.1. The van der Waals surface area contributed by atoms with E-state index in [1.165, 1.54) is 6.20 Å². The van der Waals surface area contributed by atoms with E-state index in [0.29, 0.717) is 6.54 Å². The van der Waals surface area contributed by atoms with Crippen molar-refractivity contribution in [3.05, 3.63) is 65.9 Å². The molecule has 6 heteroatoms. The van der Waals surface area contributed by atoms with Gasteiger partial charge in [-0.05, 0) is 42.0 Å². The van der Waals surface area contributed by atoms with Crippen molar-refractivity contribution in [3.63, 3.8) is 0 Å². The quantitative estimate of drug-likeness (QED) is 0.599. The highest BCUT2D eigenvalue weighted by molar-refractivity contribution is 5.97. The number of amides is 1. The number of nitriles is 1. The van der Waals surface area contributed by atoms with Crippen molar-refractivity contribution in [3.8, 4) is 17.6 Å². The smallest absolute Gasteiger partial charge is 0.263 e. The molecule has 0 aliphatic carbocycles. The van der Waals surface area contributed by atoms with Crippen LogP contribution in [0.25, 0.3) is 0 Å². The number of benzene rings is 2. The minimum atomic E-state index is -0.445. The van der Waals surface area contributed by atoms with Gasteiger partial charge >= 0.3 is 0 Å². The Morgan fingerprint density at radius 1 is 1.04 bits per heavy atom. The first kappa shape index (κ1) is 17.9. The molecule has 0 aromatic heterocycles. The summed E-state index contributed by atoms with van der Waals surface area (Å²) in [5.74, 6) is 1.03. The lowest BCUT2D eigenvalue weighted by atomic mass is 10.2. The van der Waals surface area contributed by atoms with Gasteiger partial charge in [-0.3, -0.25) is 4.79 Å². The number of carbonyl (C=O) groups excluding carboxylic acids is 1. The summed E-state index contributed by atoms with van der Waals surface area (Å²) in [7, 11) is 3.18. The van der Waals surface area contributed by atoms with E-state index in [1.807, 2.05) is 30.3 Å². The monoisotopic (exact) mass is 337 g/mol. The second-order valence-corrected chi connectivity index (χ2v) is 5.07. The molecular formula is C19H19N3O3. The van der Waals surface area contributed by atoms with E-state index in [2.05, 4.69) is 10.6 Å². The minimum absolute atomic E-state index is 0.00988. The van der Waals surface area contributed by atoms with Crippen LogP contribution in [0.5, 0.6) is 11.5 Å². The van der Waals surface area contributed by atoms with Crippen LogP contribution in [0.1, 0.15) is 5.56 Å².